The summed E-state index contributed by atoms with van der Waals surface area (Å²) in [6, 6.07) is 5.61. The second kappa shape index (κ2) is 8.77. The summed E-state index contributed by atoms with van der Waals surface area (Å²) in [7, 11) is 3.15. The van der Waals surface area contributed by atoms with E-state index in [0.717, 1.165) is 5.56 Å². The van der Waals surface area contributed by atoms with Crippen LogP contribution in [0.25, 0.3) is 0 Å². The number of nitrogens with zero attached hydrogens (tertiary/aromatic N) is 1. The molecule has 8 nitrogen and oxygen atoms in total. The van der Waals surface area contributed by atoms with Gasteiger partial charge in [0.1, 0.15) is 5.60 Å². The van der Waals surface area contributed by atoms with E-state index in [0.29, 0.717) is 61.5 Å². The molecule has 2 amide bonds. The van der Waals surface area contributed by atoms with Gasteiger partial charge in [-0.1, -0.05) is 6.07 Å². The average Bonchev–Trinajstić information content (AvgIpc) is 2.97. The number of carbonyl (C=O) groups excluding carboxylic acids is 3. The molecule has 0 radical (unpaired) electrons. The smallest absolute Gasteiger partial charge is 0.335 e. The predicted molar refractivity (Wildman–Crippen MR) is 109 cm³/mol. The Morgan fingerprint density at radius 3 is 2.43 bits per heavy atom. The molecule has 1 fully saturated rings. The minimum atomic E-state index is -0.944. The van der Waals surface area contributed by atoms with Gasteiger partial charge in [0.15, 0.2) is 11.5 Å². The Morgan fingerprint density at radius 2 is 1.83 bits per heavy atom. The van der Waals surface area contributed by atoms with Crippen molar-refractivity contribution in [1.82, 2.24) is 10.2 Å². The Morgan fingerprint density at radius 1 is 1.17 bits per heavy atom. The first-order valence-corrected chi connectivity index (χ1v) is 10.0. The molecule has 0 saturated carbocycles. The molecule has 0 bridgehead atoms. The highest BCUT2D eigenvalue weighted by atomic mass is 16.6. The molecule has 1 aromatic carbocycles. The molecule has 0 unspecified atom stereocenters. The lowest BCUT2D eigenvalue weighted by Gasteiger charge is -2.39. The normalized spacial score (nSPS) is 17.7. The second-order valence-electron chi connectivity index (χ2n) is 7.59. The zero-order valence-electron chi connectivity index (χ0n) is 17.9. The van der Waals surface area contributed by atoms with E-state index in [9.17, 15) is 14.4 Å². The van der Waals surface area contributed by atoms with Crippen LogP contribution in [0.3, 0.4) is 0 Å². The van der Waals surface area contributed by atoms with Crippen LogP contribution in [-0.4, -0.2) is 62.1 Å². The fourth-order valence-electron chi connectivity index (χ4n) is 4.11. The maximum absolute atomic E-state index is 13.0. The number of rotatable bonds is 6. The lowest BCUT2D eigenvalue weighted by Crippen LogP contribution is -2.50. The molecule has 0 aromatic heterocycles. The molecule has 3 rings (SSSR count). The molecule has 1 N–H and O–H groups in total. The first-order chi connectivity index (χ1) is 14.3. The number of hydrogen-bond acceptors (Lipinski definition) is 6. The van der Waals surface area contributed by atoms with E-state index in [-0.39, 0.29) is 11.8 Å². The molecule has 8 heteroatoms. The molecular weight excluding hydrogens is 388 g/mol. The second-order valence-corrected chi connectivity index (χ2v) is 7.59. The number of benzene rings is 1. The number of methoxy groups -OCH3 is 2. The van der Waals surface area contributed by atoms with Gasteiger partial charge in [-0.15, -0.1) is 0 Å². The quantitative estimate of drug-likeness (QED) is 0.709. The number of amides is 2. The zero-order valence-corrected chi connectivity index (χ0v) is 17.9. The van der Waals surface area contributed by atoms with E-state index in [1.54, 1.807) is 26.0 Å². The minimum absolute atomic E-state index is 0.0178. The third-order valence-electron chi connectivity index (χ3n) is 5.82. The van der Waals surface area contributed by atoms with Crippen LogP contribution in [-0.2, 0) is 25.5 Å². The molecule has 1 spiro atoms. The van der Waals surface area contributed by atoms with E-state index >= 15 is 0 Å². The summed E-state index contributed by atoms with van der Waals surface area (Å²) in [5.41, 5.74) is 0.778. The van der Waals surface area contributed by atoms with E-state index in [2.05, 4.69) is 5.32 Å². The first-order valence-electron chi connectivity index (χ1n) is 10.0. The molecule has 0 aliphatic carbocycles. The van der Waals surface area contributed by atoms with E-state index in [1.807, 2.05) is 18.2 Å². The highest BCUT2D eigenvalue weighted by Gasteiger charge is 2.50. The summed E-state index contributed by atoms with van der Waals surface area (Å²) in [6.07, 6.45) is 1.44. The summed E-state index contributed by atoms with van der Waals surface area (Å²) in [5.74, 6) is 0.500. The highest BCUT2D eigenvalue weighted by molar-refractivity contribution is 6.07. The predicted octanol–water partition coefficient (Wildman–Crippen LogP) is 1.62. The molecule has 30 heavy (non-hydrogen) atoms. The van der Waals surface area contributed by atoms with Gasteiger partial charge in [-0.05, 0) is 31.0 Å². The van der Waals surface area contributed by atoms with Crippen molar-refractivity contribution in [3.05, 3.63) is 34.9 Å². The molecule has 2 aliphatic heterocycles. The van der Waals surface area contributed by atoms with Crippen molar-refractivity contribution >= 4 is 17.8 Å². The van der Waals surface area contributed by atoms with Crippen molar-refractivity contribution in [2.24, 2.45) is 0 Å². The summed E-state index contributed by atoms with van der Waals surface area (Å²) >= 11 is 0. The Hall–Kier alpha value is -3.03. The fourth-order valence-corrected chi connectivity index (χ4v) is 4.11. The summed E-state index contributed by atoms with van der Waals surface area (Å²) in [6.45, 7) is 4.45. The molecule has 162 valence electrons. The van der Waals surface area contributed by atoms with Gasteiger partial charge in [-0.2, -0.15) is 0 Å². The SMILES string of the molecule is COc1ccc(CCNC(=O)C2=C(C)C(=O)OC23CCN(C(C)=O)CC3)cc1OC. The Labute approximate surface area is 176 Å². The number of ether oxygens (including phenoxy) is 3. The van der Waals surface area contributed by atoms with Gasteiger partial charge in [-0.25, -0.2) is 4.79 Å². The van der Waals surface area contributed by atoms with Crippen LogP contribution in [0.4, 0.5) is 0 Å². The van der Waals surface area contributed by atoms with Gasteiger partial charge in [-0.3, -0.25) is 9.59 Å². The van der Waals surface area contributed by atoms with Gasteiger partial charge >= 0.3 is 5.97 Å². The van der Waals surface area contributed by atoms with Crippen LogP contribution >= 0.6 is 0 Å². The summed E-state index contributed by atoms with van der Waals surface area (Å²) in [5, 5.41) is 2.91. The van der Waals surface area contributed by atoms with Crippen LogP contribution in [0.1, 0.15) is 32.3 Å². The van der Waals surface area contributed by atoms with Crippen molar-refractivity contribution in [3.63, 3.8) is 0 Å². The van der Waals surface area contributed by atoms with Crippen molar-refractivity contribution < 1.29 is 28.6 Å². The number of esters is 1. The van der Waals surface area contributed by atoms with Gasteiger partial charge in [0.25, 0.3) is 5.91 Å². The number of carbonyl (C=O) groups is 3. The van der Waals surface area contributed by atoms with Crippen LogP contribution < -0.4 is 14.8 Å². The average molecular weight is 416 g/mol. The molecule has 0 atom stereocenters. The standard InChI is InChI=1S/C22H28N2O6/c1-14-19(22(30-21(14)27)8-11-24(12-9-22)15(2)25)20(26)23-10-7-16-5-6-17(28-3)18(13-16)29-4/h5-6,13H,7-12H2,1-4H3,(H,23,26). The number of nitrogens with one attached hydrogen (secondary N) is 1. The van der Waals surface area contributed by atoms with Crippen LogP contribution in [0.15, 0.2) is 29.3 Å². The van der Waals surface area contributed by atoms with Gasteiger partial charge in [0.05, 0.1) is 19.8 Å². The van der Waals surface area contributed by atoms with Crippen molar-refractivity contribution in [2.75, 3.05) is 33.9 Å². The van der Waals surface area contributed by atoms with E-state index in [1.165, 1.54) is 6.92 Å². The minimum Gasteiger partial charge on any atom is -0.493 e. The zero-order chi connectivity index (χ0) is 21.9. The van der Waals surface area contributed by atoms with Crippen LogP contribution in [0.2, 0.25) is 0 Å². The Balaban J connectivity index is 1.66. The number of hydrogen-bond donors (Lipinski definition) is 1. The van der Waals surface area contributed by atoms with Crippen LogP contribution in [0.5, 0.6) is 11.5 Å². The van der Waals surface area contributed by atoms with Crippen molar-refractivity contribution in [2.45, 2.75) is 38.7 Å². The molecular formula is C22H28N2O6. The van der Waals surface area contributed by atoms with Crippen LogP contribution in [0, 0.1) is 0 Å². The number of likely N-dealkylation sites (tertiary alicyclic amines) is 1. The monoisotopic (exact) mass is 416 g/mol. The Kier molecular flexibility index (Phi) is 6.34. The summed E-state index contributed by atoms with van der Waals surface area (Å²) < 4.78 is 16.2. The van der Waals surface area contributed by atoms with E-state index < -0.39 is 11.6 Å². The third kappa shape index (κ3) is 4.13. The van der Waals surface area contributed by atoms with Gasteiger partial charge in [0, 0.05) is 45.0 Å². The van der Waals surface area contributed by atoms with Gasteiger partial charge in [0.2, 0.25) is 5.91 Å². The van der Waals surface area contributed by atoms with Gasteiger partial charge < -0.3 is 24.4 Å². The topological polar surface area (TPSA) is 94.2 Å². The Bertz CT molecular complexity index is 884. The maximum atomic E-state index is 13.0. The lowest BCUT2D eigenvalue weighted by molar-refractivity contribution is -0.152. The largest absolute Gasteiger partial charge is 0.493 e. The van der Waals surface area contributed by atoms with Crippen molar-refractivity contribution in [1.29, 1.82) is 0 Å². The highest BCUT2D eigenvalue weighted by Crippen LogP contribution is 2.41. The summed E-state index contributed by atoms with van der Waals surface area (Å²) in [4.78, 5) is 38.5. The fraction of sp³-hybridized carbons (Fsp3) is 0.500. The lowest BCUT2D eigenvalue weighted by atomic mass is 9.82. The third-order valence-corrected chi connectivity index (χ3v) is 5.82. The maximum Gasteiger partial charge on any atom is 0.335 e. The molecule has 1 aromatic rings. The number of piperidine rings is 1. The molecule has 1 saturated heterocycles. The van der Waals surface area contributed by atoms with Crippen molar-refractivity contribution in [3.8, 4) is 11.5 Å². The molecule has 2 aliphatic rings. The van der Waals surface area contributed by atoms with E-state index in [4.69, 9.17) is 14.2 Å². The molecule has 2 heterocycles. The first kappa shape index (κ1) is 21.7.